The maximum Gasteiger partial charge on any atom is 1.00 e. The second kappa shape index (κ2) is 8.37. The summed E-state index contributed by atoms with van der Waals surface area (Å²) < 4.78 is 14.7. The van der Waals surface area contributed by atoms with E-state index in [0.717, 1.165) is 6.66 Å². The molecule has 1 unspecified atom stereocenters. The summed E-state index contributed by atoms with van der Waals surface area (Å²) in [6.45, 7) is 0.794. The summed E-state index contributed by atoms with van der Waals surface area (Å²) in [7, 11) is -7.75. The van der Waals surface area contributed by atoms with Crippen LogP contribution in [0.1, 0.15) is 6.42 Å². The van der Waals surface area contributed by atoms with Crippen LogP contribution in [-0.4, -0.2) is 41.9 Å². The van der Waals surface area contributed by atoms with E-state index >= 15 is 0 Å². The molecule has 0 fully saturated rings. The van der Waals surface area contributed by atoms with Gasteiger partial charge in [0.15, 0.2) is 0 Å². The van der Waals surface area contributed by atoms with E-state index in [1.807, 2.05) is 0 Å². The fourth-order valence-corrected chi connectivity index (χ4v) is 1.62. The van der Waals surface area contributed by atoms with Crippen molar-refractivity contribution in [3.8, 4) is 0 Å². The fraction of sp³-hybridized carbons (Fsp3) is 1.00. The van der Waals surface area contributed by atoms with Crippen LogP contribution in [0, 0.1) is 0 Å². The minimum absolute atomic E-state index is 0. The molecule has 0 saturated carbocycles. The van der Waals surface area contributed by atoms with Crippen LogP contribution < -0.4 is 34.5 Å². The van der Waals surface area contributed by atoms with Gasteiger partial charge in [-0.15, -0.1) is 0 Å². The molecule has 0 radical (unpaired) electrons. The second-order valence-electron chi connectivity index (χ2n) is 2.48. The Morgan fingerprint density at radius 1 is 1.43 bits per heavy atom. The number of hydrogen-bond acceptors (Lipinski definition) is 6. The van der Waals surface area contributed by atoms with Crippen LogP contribution in [0.5, 0.6) is 0 Å². The molecule has 5 N–H and O–H groups in total. The van der Waals surface area contributed by atoms with E-state index in [-0.39, 0.29) is 54.1 Å². The molecule has 14 heavy (non-hydrogen) atoms. The molecular weight excluding hydrogens is 242 g/mol. The van der Waals surface area contributed by atoms with Gasteiger partial charge in [0.05, 0.1) is 6.61 Å². The van der Waals surface area contributed by atoms with Crippen LogP contribution in [0.2, 0.25) is 6.04 Å². The Labute approximate surface area is 105 Å². The van der Waals surface area contributed by atoms with Gasteiger partial charge in [0.2, 0.25) is 0 Å². The summed E-state index contributed by atoms with van der Waals surface area (Å²) in [5.41, 5.74) is 0. The van der Waals surface area contributed by atoms with Crippen LogP contribution in [0.15, 0.2) is 0 Å². The predicted molar refractivity (Wildman–Crippen MR) is 44.9 cm³/mol. The Morgan fingerprint density at radius 2 is 1.86 bits per heavy atom. The summed E-state index contributed by atoms with van der Waals surface area (Å²) in [6, 6.07) is -0.215. The quantitative estimate of drug-likeness (QED) is 0.255. The Morgan fingerprint density at radius 3 is 2.14 bits per heavy atom. The molecule has 0 rings (SSSR count). The van der Waals surface area contributed by atoms with E-state index in [2.05, 4.69) is 4.52 Å². The van der Waals surface area contributed by atoms with Gasteiger partial charge in [-0.1, -0.05) is 0 Å². The van der Waals surface area contributed by atoms with Gasteiger partial charge in [0.1, 0.15) is 7.60 Å². The van der Waals surface area contributed by atoms with Crippen molar-refractivity contribution in [1.29, 1.82) is 0 Å². The van der Waals surface area contributed by atoms with Crippen molar-refractivity contribution in [2.45, 2.75) is 12.5 Å². The first-order chi connectivity index (χ1) is 5.21. The van der Waals surface area contributed by atoms with Crippen molar-refractivity contribution in [3.05, 3.63) is 0 Å². The van der Waals surface area contributed by atoms with E-state index in [4.69, 9.17) is 14.4 Å². The standard InChI is InChI=1S/C4H13O6PSi.Na.H2O/c1-11(5,6)10-3-2-4-12(7,8)9;;/h7-9H,2-4H2,1H3,(H,5,6);;1H2/q;+1;/p-1. The minimum atomic E-state index is -4.03. The zero-order valence-electron chi connectivity index (χ0n) is 8.13. The molecule has 0 bridgehead atoms. The SMILES string of the molecule is CP(=O)([O-])OCCC[Si](O)(O)O.O.[Na+]. The van der Waals surface area contributed by atoms with Crippen molar-refractivity contribution in [2.24, 2.45) is 0 Å². The fourth-order valence-electron chi connectivity index (χ4n) is 0.540. The molecule has 0 aliphatic rings. The van der Waals surface area contributed by atoms with E-state index in [0.29, 0.717) is 0 Å². The molecule has 0 spiro atoms. The van der Waals surface area contributed by atoms with E-state index in [1.165, 1.54) is 0 Å². The molecule has 0 aromatic heterocycles. The first-order valence-electron chi connectivity index (χ1n) is 3.31. The predicted octanol–water partition coefficient (Wildman–Crippen LogP) is -5.33. The van der Waals surface area contributed by atoms with Crippen molar-refractivity contribution in [3.63, 3.8) is 0 Å². The first-order valence-corrected chi connectivity index (χ1v) is 7.35. The Hall–Kier alpha value is 1.21. The van der Waals surface area contributed by atoms with Gasteiger partial charge in [-0.05, 0) is 6.42 Å². The van der Waals surface area contributed by atoms with Gasteiger partial charge in [-0.2, -0.15) is 0 Å². The van der Waals surface area contributed by atoms with Crippen molar-refractivity contribution < 1.29 is 63.4 Å². The van der Waals surface area contributed by atoms with Crippen LogP contribution >= 0.6 is 7.60 Å². The maximum atomic E-state index is 10.4. The largest absolute Gasteiger partial charge is 1.00 e. The normalized spacial score (nSPS) is 14.9. The van der Waals surface area contributed by atoms with Crippen molar-refractivity contribution >= 4 is 16.4 Å². The molecule has 0 heterocycles. The summed E-state index contributed by atoms with van der Waals surface area (Å²) >= 11 is 0. The summed E-state index contributed by atoms with van der Waals surface area (Å²) in [5.74, 6) is 0. The third-order valence-electron chi connectivity index (χ3n) is 0.982. The van der Waals surface area contributed by atoms with Gasteiger partial charge >= 0.3 is 38.4 Å². The third-order valence-corrected chi connectivity index (χ3v) is 2.66. The topological polar surface area (TPSA) is 142 Å². The van der Waals surface area contributed by atoms with Crippen LogP contribution in [0.4, 0.5) is 0 Å². The molecule has 0 aliphatic heterocycles. The van der Waals surface area contributed by atoms with E-state index in [1.54, 1.807) is 0 Å². The molecule has 0 aromatic carbocycles. The molecule has 0 saturated heterocycles. The van der Waals surface area contributed by atoms with Crippen molar-refractivity contribution in [1.82, 2.24) is 0 Å². The molecular formula is C4H14NaO7PSi. The van der Waals surface area contributed by atoms with Crippen LogP contribution in [-0.2, 0) is 9.09 Å². The van der Waals surface area contributed by atoms with E-state index in [9.17, 15) is 9.46 Å². The number of rotatable bonds is 5. The van der Waals surface area contributed by atoms with Crippen LogP contribution in [0.3, 0.4) is 0 Å². The Kier molecular flexibility index (Phi) is 12.3. The zero-order valence-corrected chi connectivity index (χ0v) is 12.0. The van der Waals surface area contributed by atoms with Gasteiger partial charge in [-0.25, -0.2) is 0 Å². The monoisotopic (exact) mass is 256 g/mol. The Balaban J connectivity index is -0.000000605. The molecule has 0 aliphatic carbocycles. The van der Waals surface area contributed by atoms with Gasteiger partial charge < -0.3 is 33.8 Å². The molecule has 82 valence electrons. The molecule has 7 nitrogen and oxygen atoms in total. The zero-order chi connectivity index (χ0) is 9.83. The van der Waals surface area contributed by atoms with Gasteiger partial charge in [0, 0.05) is 12.7 Å². The van der Waals surface area contributed by atoms with E-state index < -0.39 is 16.4 Å². The van der Waals surface area contributed by atoms with Gasteiger partial charge in [-0.3, -0.25) is 0 Å². The summed E-state index contributed by atoms with van der Waals surface area (Å²) in [4.78, 5) is 35.9. The Bertz CT molecular complexity index is 177. The molecule has 0 amide bonds. The second-order valence-corrected chi connectivity index (χ2v) is 6.33. The minimum Gasteiger partial charge on any atom is -0.779 e. The molecule has 1 atom stereocenters. The summed E-state index contributed by atoms with van der Waals surface area (Å²) in [5, 5.41) is 0. The average Bonchev–Trinajstić information content (AvgIpc) is 1.76. The smallest absolute Gasteiger partial charge is 0.779 e. The first kappa shape index (κ1) is 20.6. The summed E-state index contributed by atoms with van der Waals surface area (Å²) in [6.07, 6.45) is 0.107. The molecule has 10 heteroatoms. The van der Waals surface area contributed by atoms with Crippen molar-refractivity contribution in [2.75, 3.05) is 13.3 Å². The third kappa shape index (κ3) is 18.9. The van der Waals surface area contributed by atoms with Gasteiger partial charge in [0.25, 0.3) is 0 Å². The maximum absolute atomic E-state index is 10.4. The average molecular weight is 256 g/mol. The number of hydrogen-bond donors (Lipinski definition) is 3. The molecule has 0 aromatic rings. The van der Waals surface area contributed by atoms with Crippen LogP contribution in [0.25, 0.3) is 0 Å².